The number of thiophene rings is 1. The van der Waals surface area contributed by atoms with Crippen LogP contribution >= 0.6 is 11.3 Å². The van der Waals surface area contributed by atoms with Crippen molar-refractivity contribution in [2.45, 2.75) is 13.5 Å². The lowest BCUT2D eigenvalue weighted by atomic mass is 10.1. The van der Waals surface area contributed by atoms with Crippen molar-refractivity contribution in [1.82, 2.24) is 14.0 Å². The smallest absolute Gasteiger partial charge is 0.341 e. The first kappa shape index (κ1) is 22.4. The molecule has 0 bridgehead atoms. The summed E-state index contributed by atoms with van der Waals surface area (Å²) in [6.07, 6.45) is 1.62. The van der Waals surface area contributed by atoms with Crippen LogP contribution in [0, 0.1) is 0 Å². The van der Waals surface area contributed by atoms with Gasteiger partial charge in [0.2, 0.25) is 0 Å². The SMILES string of the molecule is CCOC(=O)c1cc2c(=O)n3ccccc3nc2n(Cc2ccccc2)c1=NC(=O)c1cccs1. The highest BCUT2D eigenvalue weighted by Gasteiger charge is 2.20. The standard InChI is InChI=1S/C26H20N4O4S/c1-2-34-26(33)19-15-18-22(27-21-12-6-7-13-29(21)25(18)32)30(16-17-9-4-3-5-10-17)23(19)28-24(31)20-11-8-14-35-20/h3-15H,2,16H2,1H3. The second-order valence-corrected chi connectivity index (χ2v) is 8.60. The van der Waals surface area contributed by atoms with Gasteiger partial charge in [-0.1, -0.05) is 42.5 Å². The van der Waals surface area contributed by atoms with Crippen molar-refractivity contribution in [2.24, 2.45) is 4.99 Å². The fourth-order valence-electron chi connectivity index (χ4n) is 3.82. The van der Waals surface area contributed by atoms with Gasteiger partial charge in [-0.15, -0.1) is 11.3 Å². The molecule has 0 saturated carbocycles. The van der Waals surface area contributed by atoms with E-state index in [9.17, 15) is 14.4 Å². The quantitative estimate of drug-likeness (QED) is 0.280. The van der Waals surface area contributed by atoms with Crippen LogP contribution in [0.2, 0.25) is 0 Å². The molecule has 0 aliphatic rings. The predicted molar refractivity (Wildman–Crippen MR) is 133 cm³/mol. The zero-order valence-corrected chi connectivity index (χ0v) is 19.6. The van der Waals surface area contributed by atoms with Crippen molar-refractivity contribution in [3.8, 4) is 0 Å². The molecule has 4 heterocycles. The maximum absolute atomic E-state index is 13.4. The van der Waals surface area contributed by atoms with Crippen LogP contribution in [-0.2, 0) is 11.3 Å². The second-order valence-electron chi connectivity index (χ2n) is 7.65. The minimum atomic E-state index is -0.675. The van der Waals surface area contributed by atoms with E-state index in [1.165, 1.54) is 21.8 Å². The molecule has 1 amide bonds. The Bertz CT molecular complexity index is 1690. The third-order valence-corrected chi connectivity index (χ3v) is 6.27. The van der Waals surface area contributed by atoms with E-state index in [-0.39, 0.29) is 35.1 Å². The minimum absolute atomic E-state index is 0.0231. The van der Waals surface area contributed by atoms with Gasteiger partial charge in [0.05, 0.1) is 23.4 Å². The Kier molecular flexibility index (Phi) is 6.07. The van der Waals surface area contributed by atoms with Gasteiger partial charge in [0.1, 0.15) is 16.9 Å². The van der Waals surface area contributed by atoms with E-state index in [1.807, 2.05) is 30.3 Å². The predicted octanol–water partition coefficient (Wildman–Crippen LogP) is 3.68. The van der Waals surface area contributed by atoms with Gasteiger partial charge in [0.15, 0.2) is 5.49 Å². The number of rotatable bonds is 5. The van der Waals surface area contributed by atoms with Crippen molar-refractivity contribution in [2.75, 3.05) is 6.61 Å². The highest BCUT2D eigenvalue weighted by molar-refractivity contribution is 7.12. The van der Waals surface area contributed by atoms with Gasteiger partial charge < -0.3 is 9.30 Å². The van der Waals surface area contributed by atoms with E-state index in [4.69, 9.17) is 9.72 Å². The van der Waals surface area contributed by atoms with Crippen molar-refractivity contribution in [1.29, 1.82) is 0 Å². The topological polar surface area (TPSA) is 95.0 Å². The van der Waals surface area contributed by atoms with E-state index in [0.29, 0.717) is 16.2 Å². The molecule has 0 unspecified atom stereocenters. The molecule has 174 valence electrons. The van der Waals surface area contributed by atoms with Gasteiger partial charge in [-0.25, -0.2) is 9.78 Å². The number of pyridine rings is 2. The van der Waals surface area contributed by atoms with Crippen molar-refractivity contribution in [3.05, 3.63) is 110 Å². The first-order chi connectivity index (χ1) is 17.1. The number of esters is 1. The molecule has 0 spiro atoms. The number of nitrogens with zero attached hydrogens (tertiary/aromatic N) is 4. The average Bonchev–Trinajstić information content (AvgIpc) is 3.42. The van der Waals surface area contributed by atoms with Crippen LogP contribution in [0.1, 0.15) is 32.5 Å². The van der Waals surface area contributed by atoms with Crippen LogP contribution in [0.3, 0.4) is 0 Å². The van der Waals surface area contributed by atoms with Crippen LogP contribution in [-0.4, -0.2) is 32.4 Å². The van der Waals surface area contributed by atoms with E-state index in [1.54, 1.807) is 53.4 Å². The number of aromatic nitrogens is 3. The number of carbonyl (C=O) groups is 2. The molecule has 35 heavy (non-hydrogen) atoms. The monoisotopic (exact) mass is 484 g/mol. The summed E-state index contributed by atoms with van der Waals surface area (Å²) in [4.78, 5) is 48.9. The Morgan fingerprint density at radius 2 is 1.86 bits per heavy atom. The van der Waals surface area contributed by atoms with Gasteiger partial charge in [-0.3, -0.25) is 14.0 Å². The molecule has 0 radical (unpaired) electrons. The number of fused-ring (bicyclic) bond motifs is 2. The molecule has 0 aliphatic carbocycles. The van der Waals surface area contributed by atoms with Crippen molar-refractivity contribution in [3.63, 3.8) is 0 Å². The number of benzene rings is 1. The third kappa shape index (κ3) is 4.29. The van der Waals surface area contributed by atoms with Crippen LogP contribution in [0.4, 0.5) is 0 Å². The van der Waals surface area contributed by atoms with Crippen LogP contribution in [0.25, 0.3) is 16.7 Å². The number of ether oxygens (including phenoxy) is 1. The molecule has 0 atom stereocenters. The summed E-state index contributed by atoms with van der Waals surface area (Å²) in [5, 5.41) is 2.00. The fraction of sp³-hybridized carbons (Fsp3) is 0.115. The van der Waals surface area contributed by atoms with Crippen molar-refractivity contribution >= 4 is 39.9 Å². The lowest BCUT2D eigenvalue weighted by molar-refractivity contribution is 0.0523. The number of amides is 1. The Labute approximate surface area is 203 Å². The highest BCUT2D eigenvalue weighted by Crippen LogP contribution is 2.15. The van der Waals surface area contributed by atoms with Gasteiger partial charge in [0, 0.05) is 6.20 Å². The molecule has 0 aliphatic heterocycles. The maximum atomic E-state index is 13.4. The summed E-state index contributed by atoms with van der Waals surface area (Å²) in [5.41, 5.74) is 1.41. The largest absolute Gasteiger partial charge is 0.462 e. The maximum Gasteiger partial charge on any atom is 0.341 e. The van der Waals surface area contributed by atoms with Crippen molar-refractivity contribution < 1.29 is 14.3 Å². The number of hydrogen-bond acceptors (Lipinski definition) is 6. The Morgan fingerprint density at radius 1 is 1.06 bits per heavy atom. The molecule has 0 saturated heterocycles. The molecule has 5 rings (SSSR count). The zero-order chi connectivity index (χ0) is 24.4. The van der Waals surface area contributed by atoms with E-state index in [0.717, 1.165) is 5.56 Å². The Balaban J connectivity index is 1.91. The van der Waals surface area contributed by atoms with Crippen LogP contribution < -0.4 is 11.0 Å². The Hall–Kier alpha value is -4.37. The van der Waals surface area contributed by atoms with Crippen LogP contribution in [0.15, 0.2) is 88.1 Å². The molecular weight excluding hydrogens is 464 g/mol. The third-order valence-electron chi connectivity index (χ3n) is 5.41. The summed E-state index contributed by atoms with van der Waals surface area (Å²) < 4.78 is 8.32. The molecule has 4 aromatic heterocycles. The van der Waals surface area contributed by atoms with Gasteiger partial charge in [-0.05, 0) is 42.1 Å². The molecule has 0 fully saturated rings. The summed E-state index contributed by atoms with van der Waals surface area (Å²) >= 11 is 1.25. The zero-order valence-electron chi connectivity index (χ0n) is 18.7. The summed E-state index contributed by atoms with van der Waals surface area (Å²) in [6.45, 7) is 2.05. The number of carbonyl (C=O) groups excluding carboxylic acids is 2. The summed E-state index contributed by atoms with van der Waals surface area (Å²) in [6, 6.07) is 19.6. The van der Waals surface area contributed by atoms with E-state index in [2.05, 4.69) is 4.99 Å². The molecule has 5 aromatic rings. The number of hydrogen-bond donors (Lipinski definition) is 0. The van der Waals surface area contributed by atoms with Gasteiger partial charge in [-0.2, -0.15) is 4.99 Å². The van der Waals surface area contributed by atoms with E-state index < -0.39 is 11.9 Å². The van der Waals surface area contributed by atoms with Gasteiger partial charge >= 0.3 is 5.97 Å². The van der Waals surface area contributed by atoms with Crippen LogP contribution in [0.5, 0.6) is 0 Å². The lowest BCUT2D eigenvalue weighted by Gasteiger charge is -2.15. The highest BCUT2D eigenvalue weighted by atomic mass is 32.1. The molecule has 0 N–H and O–H groups in total. The summed E-state index contributed by atoms with van der Waals surface area (Å²) in [7, 11) is 0. The normalized spacial score (nSPS) is 11.7. The van der Waals surface area contributed by atoms with E-state index >= 15 is 0 Å². The first-order valence-corrected chi connectivity index (χ1v) is 11.8. The average molecular weight is 485 g/mol. The lowest BCUT2D eigenvalue weighted by Crippen LogP contribution is -2.33. The Morgan fingerprint density at radius 3 is 2.60 bits per heavy atom. The second kappa shape index (κ2) is 9.47. The minimum Gasteiger partial charge on any atom is -0.462 e. The molecule has 1 aromatic carbocycles. The van der Waals surface area contributed by atoms with Gasteiger partial charge in [0.25, 0.3) is 11.5 Å². The fourth-order valence-corrected chi connectivity index (χ4v) is 4.43. The summed E-state index contributed by atoms with van der Waals surface area (Å²) in [5.74, 6) is -1.17. The molecular formula is C26H20N4O4S. The molecule has 8 nitrogen and oxygen atoms in total. The first-order valence-electron chi connectivity index (χ1n) is 11.0. The molecule has 9 heteroatoms.